The number of hydrogen-bond donors (Lipinski definition) is 3. The van der Waals surface area contributed by atoms with Crippen molar-refractivity contribution < 1.29 is 27.9 Å². The fraction of sp³-hybridized carbons (Fsp3) is 0.476. The van der Waals surface area contributed by atoms with Crippen molar-refractivity contribution in [3.8, 4) is 0 Å². The minimum atomic E-state index is -4.44. The molecule has 1 aromatic carbocycles. The summed E-state index contributed by atoms with van der Waals surface area (Å²) in [6.45, 7) is 1.70. The zero-order valence-corrected chi connectivity index (χ0v) is 17.0. The van der Waals surface area contributed by atoms with E-state index in [4.69, 9.17) is 0 Å². The number of hydrogen-bond acceptors (Lipinski definition) is 4. The van der Waals surface area contributed by atoms with Gasteiger partial charge >= 0.3 is 6.18 Å². The molecule has 0 bridgehead atoms. The van der Waals surface area contributed by atoms with E-state index >= 15 is 0 Å². The number of nitrogens with one attached hydrogen (secondary N) is 2. The highest BCUT2D eigenvalue weighted by Crippen LogP contribution is 2.52. The van der Waals surface area contributed by atoms with E-state index < -0.39 is 29.6 Å². The maximum absolute atomic E-state index is 13.0. The third-order valence-electron chi connectivity index (χ3n) is 6.23. The summed E-state index contributed by atoms with van der Waals surface area (Å²) in [5, 5.41) is 19.3. The molecule has 1 heterocycles. The van der Waals surface area contributed by atoms with Crippen LogP contribution in [0, 0.1) is 11.8 Å². The lowest BCUT2D eigenvalue weighted by Gasteiger charge is -2.17. The SMILES string of the molecule is CNC(=O)c1cc(C(=O)N[C@H]2[C@@H]3C[C@@H](O)C[C@@H]32)n([C@H](C)c2ccc(C(F)(F)F)cc2)n1. The first-order valence-corrected chi connectivity index (χ1v) is 10.1. The molecule has 31 heavy (non-hydrogen) atoms. The number of aromatic nitrogens is 2. The predicted molar refractivity (Wildman–Crippen MR) is 104 cm³/mol. The van der Waals surface area contributed by atoms with Crippen molar-refractivity contribution in [3.63, 3.8) is 0 Å². The standard InChI is InChI=1S/C21H23F3N4O3/c1-10(11-3-5-12(6-4-11)21(22,23)24)28-17(9-16(27-28)19(30)25-2)20(31)26-18-14-7-13(29)8-15(14)18/h3-6,9-10,13-15,18,29H,7-8H2,1-2H3,(H,25,30)(H,26,31)/t10-,13-,14-,15+,18+/m1/s1. The molecule has 0 radical (unpaired) electrons. The molecule has 0 saturated heterocycles. The summed E-state index contributed by atoms with van der Waals surface area (Å²) in [6, 6.07) is 5.40. The minimum Gasteiger partial charge on any atom is -0.393 e. The largest absolute Gasteiger partial charge is 0.416 e. The molecule has 0 unspecified atom stereocenters. The number of aliphatic hydroxyl groups is 1. The fourth-order valence-electron chi connectivity index (χ4n) is 4.44. The number of benzene rings is 1. The molecule has 0 spiro atoms. The van der Waals surface area contributed by atoms with Crippen LogP contribution >= 0.6 is 0 Å². The Morgan fingerprint density at radius 2 is 1.77 bits per heavy atom. The summed E-state index contributed by atoms with van der Waals surface area (Å²) in [7, 11) is 1.44. The highest BCUT2D eigenvalue weighted by Gasteiger charge is 2.56. The molecular formula is C21H23F3N4O3. The van der Waals surface area contributed by atoms with E-state index in [0.29, 0.717) is 18.4 Å². The van der Waals surface area contributed by atoms with E-state index in [9.17, 15) is 27.9 Å². The molecule has 1 aromatic heterocycles. The lowest BCUT2D eigenvalue weighted by Crippen LogP contribution is -2.32. The minimum absolute atomic E-state index is 0.0240. The highest BCUT2D eigenvalue weighted by atomic mass is 19.4. The average molecular weight is 436 g/mol. The van der Waals surface area contributed by atoms with Crippen molar-refractivity contribution in [2.75, 3.05) is 7.05 Å². The van der Waals surface area contributed by atoms with Crippen LogP contribution in [0.25, 0.3) is 0 Å². The Labute approximate surface area is 176 Å². The molecule has 5 atom stereocenters. The van der Waals surface area contributed by atoms with Gasteiger partial charge in [0.1, 0.15) is 5.69 Å². The molecule has 2 aromatic rings. The van der Waals surface area contributed by atoms with Gasteiger partial charge in [0.05, 0.1) is 17.7 Å². The molecule has 7 nitrogen and oxygen atoms in total. The van der Waals surface area contributed by atoms with Crippen LogP contribution in [0.2, 0.25) is 0 Å². The highest BCUT2D eigenvalue weighted by molar-refractivity contribution is 5.98. The summed E-state index contributed by atoms with van der Waals surface area (Å²) in [5.41, 5.74) is -0.0650. The number of alkyl halides is 3. The van der Waals surface area contributed by atoms with Gasteiger partial charge in [-0.05, 0) is 49.3 Å². The monoisotopic (exact) mass is 436 g/mol. The second kappa shape index (κ2) is 7.67. The summed E-state index contributed by atoms with van der Waals surface area (Å²) >= 11 is 0. The van der Waals surface area contributed by atoms with E-state index in [-0.39, 0.29) is 35.4 Å². The Morgan fingerprint density at radius 3 is 2.32 bits per heavy atom. The maximum atomic E-state index is 13.0. The lowest BCUT2D eigenvalue weighted by atomic mass is 10.1. The third kappa shape index (κ3) is 4.04. The first kappa shape index (κ1) is 21.4. The van der Waals surface area contributed by atoms with Gasteiger partial charge in [0.25, 0.3) is 11.8 Å². The Hall–Kier alpha value is -2.88. The Morgan fingerprint density at radius 1 is 1.16 bits per heavy atom. The molecule has 3 N–H and O–H groups in total. The van der Waals surface area contributed by atoms with Crippen LogP contribution in [0.4, 0.5) is 13.2 Å². The molecule has 2 aliphatic rings. The Kier molecular flexibility index (Phi) is 5.28. The van der Waals surface area contributed by atoms with Crippen LogP contribution in [-0.4, -0.2) is 45.9 Å². The molecule has 166 valence electrons. The summed E-state index contributed by atoms with van der Waals surface area (Å²) < 4.78 is 39.9. The Balaban J connectivity index is 1.59. The van der Waals surface area contributed by atoms with Crippen LogP contribution < -0.4 is 10.6 Å². The Bertz CT molecular complexity index is 990. The summed E-state index contributed by atoms with van der Waals surface area (Å²) in [4.78, 5) is 25.0. The third-order valence-corrected chi connectivity index (χ3v) is 6.23. The van der Waals surface area contributed by atoms with Crippen molar-refractivity contribution in [3.05, 3.63) is 52.8 Å². The van der Waals surface area contributed by atoms with E-state index in [1.165, 1.54) is 29.9 Å². The number of halogens is 3. The van der Waals surface area contributed by atoms with Crippen molar-refractivity contribution in [1.82, 2.24) is 20.4 Å². The van der Waals surface area contributed by atoms with Gasteiger partial charge in [0.2, 0.25) is 0 Å². The average Bonchev–Trinajstić information content (AvgIpc) is 3.10. The number of aliphatic hydroxyl groups excluding tert-OH is 1. The van der Waals surface area contributed by atoms with E-state index in [0.717, 1.165) is 12.1 Å². The molecule has 2 saturated carbocycles. The van der Waals surface area contributed by atoms with E-state index in [1.54, 1.807) is 6.92 Å². The van der Waals surface area contributed by atoms with Crippen LogP contribution in [0.3, 0.4) is 0 Å². The lowest BCUT2D eigenvalue weighted by molar-refractivity contribution is -0.137. The first-order valence-electron chi connectivity index (χ1n) is 10.1. The van der Waals surface area contributed by atoms with Gasteiger partial charge < -0.3 is 15.7 Å². The first-order chi connectivity index (χ1) is 14.6. The fourth-order valence-corrected chi connectivity index (χ4v) is 4.44. The number of amides is 2. The van der Waals surface area contributed by atoms with Crippen molar-refractivity contribution in [2.24, 2.45) is 11.8 Å². The van der Waals surface area contributed by atoms with Gasteiger partial charge in [-0.25, -0.2) is 0 Å². The number of fused-ring (bicyclic) bond motifs is 1. The number of carbonyl (C=O) groups excluding carboxylic acids is 2. The van der Waals surface area contributed by atoms with Crippen molar-refractivity contribution in [1.29, 1.82) is 0 Å². The van der Waals surface area contributed by atoms with Gasteiger partial charge in [0, 0.05) is 19.2 Å². The van der Waals surface area contributed by atoms with Crippen LogP contribution in [0.1, 0.15) is 57.9 Å². The van der Waals surface area contributed by atoms with Gasteiger partial charge in [-0.1, -0.05) is 12.1 Å². The van der Waals surface area contributed by atoms with Gasteiger partial charge in [0.15, 0.2) is 5.69 Å². The van der Waals surface area contributed by atoms with Crippen LogP contribution in [0.15, 0.2) is 30.3 Å². The summed E-state index contributed by atoms with van der Waals surface area (Å²) in [6.07, 6.45) is -3.46. The zero-order valence-electron chi connectivity index (χ0n) is 17.0. The van der Waals surface area contributed by atoms with Gasteiger partial charge in [-0.15, -0.1) is 0 Å². The quantitative estimate of drug-likeness (QED) is 0.671. The van der Waals surface area contributed by atoms with Crippen molar-refractivity contribution in [2.45, 2.75) is 44.1 Å². The zero-order chi connectivity index (χ0) is 22.5. The molecule has 2 fully saturated rings. The number of carbonyl (C=O) groups is 2. The van der Waals surface area contributed by atoms with Gasteiger partial charge in [-0.2, -0.15) is 18.3 Å². The topological polar surface area (TPSA) is 96.3 Å². The van der Waals surface area contributed by atoms with E-state index in [1.807, 2.05) is 0 Å². The normalized spacial score (nSPS) is 25.6. The molecule has 2 amide bonds. The second-order valence-corrected chi connectivity index (χ2v) is 8.19. The number of rotatable bonds is 5. The predicted octanol–water partition coefficient (Wildman–Crippen LogP) is 2.37. The molecule has 10 heteroatoms. The molecule has 0 aliphatic heterocycles. The van der Waals surface area contributed by atoms with Crippen molar-refractivity contribution >= 4 is 11.8 Å². The molecular weight excluding hydrogens is 413 g/mol. The van der Waals surface area contributed by atoms with Crippen LogP contribution in [0.5, 0.6) is 0 Å². The van der Waals surface area contributed by atoms with Crippen LogP contribution in [-0.2, 0) is 6.18 Å². The molecule has 4 rings (SSSR count). The maximum Gasteiger partial charge on any atom is 0.416 e. The smallest absolute Gasteiger partial charge is 0.393 e. The van der Waals surface area contributed by atoms with E-state index in [2.05, 4.69) is 15.7 Å². The molecule has 2 aliphatic carbocycles. The summed E-state index contributed by atoms with van der Waals surface area (Å²) in [5.74, 6) is -0.378. The second-order valence-electron chi connectivity index (χ2n) is 8.19. The van der Waals surface area contributed by atoms with Gasteiger partial charge in [-0.3, -0.25) is 14.3 Å². The number of nitrogens with zero attached hydrogens (tertiary/aromatic N) is 2.